The first-order valence-corrected chi connectivity index (χ1v) is 22.3. The van der Waals surface area contributed by atoms with Gasteiger partial charge >= 0.3 is 0 Å². The molecule has 0 N–H and O–H groups in total. The molecule has 0 radical (unpaired) electrons. The minimum Gasteiger partial charge on any atom is -0.310 e. The summed E-state index contributed by atoms with van der Waals surface area (Å²) in [5, 5.41) is 5.14. The molecule has 0 aliphatic heterocycles. The number of thiophene rings is 1. The second-order valence-electron chi connectivity index (χ2n) is 16.1. The monoisotopic (exact) mass is 820 g/mol. The fourth-order valence-corrected chi connectivity index (χ4v) is 10.6. The van der Waals surface area contributed by atoms with Crippen LogP contribution in [0, 0.1) is 0 Å². The molecule has 0 amide bonds. The van der Waals surface area contributed by atoms with E-state index >= 15 is 0 Å². The molecular weight excluding hydrogens is 781 g/mol. The fourth-order valence-electron chi connectivity index (χ4n) is 9.52. The summed E-state index contributed by atoms with van der Waals surface area (Å²) in [6.45, 7) is 0. The molecule has 0 aliphatic carbocycles. The molecule has 0 bridgehead atoms. The maximum Gasteiger partial charge on any atom is 0.0541 e. The van der Waals surface area contributed by atoms with Crippen LogP contribution in [-0.2, 0) is 0 Å². The van der Waals surface area contributed by atoms with Gasteiger partial charge in [0.25, 0.3) is 0 Å². The first kappa shape index (κ1) is 36.8. The Labute approximate surface area is 370 Å². The highest BCUT2D eigenvalue weighted by Crippen LogP contribution is 2.46. The lowest BCUT2D eigenvalue weighted by molar-refractivity contribution is 1.17. The molecule has 0 saturated carbocycles. The van der Waals surface area contributed by atoms with Crippen LogP contribution in [0.5, 0.6) is 0 Å². The second kappa shape index (κ2) is 15.5. The van der Waals surface area contributed by atoms with Crippen molar-refractivity contribution in [1.82, 2.24) is 4.57 Å². The van der Waals surface area contributed by atoms with Gasteiger partial charge in [-0.25, -0.2) is 0 Å². The van der Waals surface area contributed by atoms with Crippen LogP contribution in [0.15, 0.2) is 243 Å². The van der Waals surface area contributed by atoms with Crippen LogP contribution < -0.4 is 4.90 Å². The Bertz CT molecular complexity index is 3560. The average molecular weight is 821 g/mol. The maximum absolute atomic E-state index is 2.42. The summed E-state index contributed by atoms with van der Waals surface area (Å²) in [5.74, 6) is 0. The molecule has 2 aromatic heterocycles. The van der Waals surface area contributed by atoms with E-state index in [0.717, 1.165) is 28.3 Å². The molecule has 0 aliphatic rings. The first-order valence-electron chi connectivity index (χ1n) is 21.5. The smallest absolute Gasteiger partial charge is 0.0541 e. The number of benzene rings is 10. The van der Waals surface area contributed by atoms with Gasteiger partial charge in [0.2, 0.25) is 0 Å². The van der Waals surface area contributed by atoms with E-state index in [1.54, 1.807) is 0 Å². The Hall–Kier alpha value is -7.98. The Morgan fingerprint density at radius 3 is 1.46 bits per heavy atom. The minimum absolute atomic E-state index is 1.08. The van der Waals surface area contributed by atoms with Gasteiger partial charge in [-0.15, -0.1) is 11.3 Å². The van der Waals surface area contributed by atoms with Crippen molar-refractivity contribution in [2.45, 2.75) is 0 Å². The average Bonchev–Trinajstić information content (AvgIpc) is 3.91. The van der Waals surface area contributed by atoms with Crippen LogP contribution in [0.3, 0.4) is 0 Å². The van der Waals surface area contributed by atoms with Gasteiger partial charge in [-0.05, 0) is 112 Å². The summed E-state index contributed by atoms with van der Waals surface area (Å²) in [4.78, 5) is 2.42. The Kier molecular flexibility index (Phi) is 9.06. The van der Waals surface area contributed by atoms with Gasteiger partial charge in [-0.3, -0.25) is 0 Å². The minimum atomic E-state index is 1.08. The summed E-state index contributed by atoms with van der Waals surface area (Å²) >= 11 is 1.86. The van der Waals surface area contributed by atoms with E-state index in [9.17, 15) is 0 Å². The predicted molar refractivity (Wildman–Crippen MR) is 270 cm³/mol. The van der Waals surface area contributed by atoms with Crippen LogP contribution in [-0.4, -0.2) is 4.57 Å². The van der Waals surface area contributed by atoms with Gasteiger partial charge < -0.3 is 9.47 Å². The molecule has 0 atom stereocenters. The highest BCUT2D eigenvalue weighted by atomic mass is 32.1. The van der Waals surface area contributed by atoms with Crippen molar-refractivity contribution < 1.29 is 0 Å². The molecule has 296 valence electrons. The highest BCUT2D eigenvalue weighted by molar-refractivity contribution is 7.25. The van der Waals surface area contributed by atoms with Crippen LogP contribution in [0.25, 0.3) is 92.2 Å². The summed E-state index contributed by atoms with van der Waals surface area (Å²) < 4.78 is 5.02. The lowest BCUT2D eigenvalue weighted by Gasteiger charge is -2.29. The Balaban J connectivity index is 1.01. The summed E-state index contributed by atoms with van der Waals surface area (Å²) in [6, 6.07) is 88.4. The third-order valence-electron chi connectivity index (χ3n) is 12.4. The van der Waals surface area contributed by atoms with Crippen molar-refractivity contribution in [3.8, 4) is 50.2 Å². The van der Waals surface area contributed by atoms with Gasteiger partial charge in [0.15, 0.2) is 0 Å². The van der Waals surface area contributed by atoms with E-state index < -0.39 is 0 Å². The third-order valence-corrected chi connectivity index (χ3v) is 13.6. The third kappa shape index (κ3) is 6.41. The number of anilines is 3. The van der Waals surface area contributed by atoms with Crippen LogP contribution in [0.1, 0.15) is 0 Å². The van der Waals surface area contributed by atoms with Crippen molar-refractivity contribution in [1.29, 1.82) is 0 Å². The number of rotatable bonds is 8. The van der Waals surface area contributed by atoms with Crippen molar-refractivity contribution >= 4 is 70.4 Å². The lowest BCUT2D eigenvalue weighted by Crippen LogP contribution is -2.11. The molecule has 3 heteroatoms. The maximum atomic E-state index is 2.42. The SMILES string of the molecule is c1ccc(-c2ccccc2-c2ccccc2-c2ccccc2N(c2ccc(-c3ccc4sc5ccccc5c4c3)cc2)c2ccc(-n3c4ccccc4c4ccccc43)cc2)cc1. The Morgan fingerprint density at radius 2 is 0.778 bits per heavy atom. The number of nitrogens with zero attached hydrogens (tertiary/aromatic N) is 2. The number of aromatic nitrogens is 1. The predicted octanol–water partition coefficient (Wildman–Crippen LogP) is 17.3. The van der Waals surface area contributed by atoms with E-state index in [0.29, 0.717) is 0 Å². The molecule has 0 spiro atoms. The summed E-state index contributed by atoms with van der Waals surface area (Å²) in [6.07, 6.45) is 0. The molecule has 0 unspecified atom stereocenters. The van der Waals surface area contributed by atoms with Gasteiger partial charge in [0.05, 0.1) is 16.7 Å². The van der Waals surface area contributed by atoms with Crippen LogP contribution in [0.4, 0.5) is 17.1 Å². The highest BCUT2D eigenvalue weighted by Gasteiger charge is 2.21. The van der Waals surface area contributed by atoms with Crippen molar-refractivity contribution in [3.63, 3.8) is 0 Å². The van der Waals surface area contributed by atoms with E-state index in [1.807, 2.05) is 11.3 Å². The van der Waals surface area contributed by atoms with Crippen LogP contribution in [0.2, 0.25) is 0 Å². The van der Waals surface area contributed by atoms with Crippen molar-refractivity contribution in [2.24, 2.45) is 0 Å². The van der Waals surface area contributed by atoms with E-state index in [-0.39, 0.29) is 0 Å². The first-order chi connectivity index (χ1) is 31.3. The summed E-state index contributed by atoms with van der Waals surface area (Å²) in [7, 11) is 0. The van der Waals surface area contributed by atoms with Gasteiger partial charge in [-0.2, -0.15) is 0 Å². The zero-order valence-corrected chi connectivity index (χ0v) is 35.2. The van der Waals surface area contributed by atoms with Gasteiger partial charge in [-0.1, -0.05) is 170 Å². The van der Waals surface area contributed by atoms with E-state index in [1.165, 1.54) is 80.9 Å². The van der Waals surface area contributed by atoms with E-state index in [4.69, 9.17) is 0 Å². The number of hydrogen-bond acceptors (Lipinski definition) is 2. The quantitative estimate of drug-likeness (QED) is 0.148. The molecule has 63 heavy (non-hydrogen) atoms. The van der Waals surface area contributed by atoms with Crippen molar-refractivity contribution in [2.75, 3.05) is 4.90 Å². The molecule has 12 rings (SSSR count). The molecular formula is C60H40N2S. The van der Waals surface area contributed by atoms with Crippen molar-refractivity contribution in [3.05, 3.63) is 243 Å². The van der Waals surface area contributed by atoms with Gasteiger partial charge in [0, 0.05) is 53.6 Å². The molecule has 0 saturated heterocycles. The normalized spacial score (nSPS) is 11.5. The van der Waals surface area contributed by atoms with E-state index in [2.05, 4.69) is 252 Å². The lowest BCUT2D eigenvalue weighted by atomic mass is 9.88. The van der Waals surface area contributed by atoms with Gasteiger partial charge in [0.1, 0.15) is 0 Å². The molecule has 2 heterocycles. The Morgan fingerprint density at radius 1 is 0.302 bits per heavy atom. The zero-order valence-electron chi connectivity index (χ0n) is 34.4. The number of para-hydroxylation sites is 3. The number of hydrogen-bond donors (Lipinski definition) is 0. The summed E-state index contributed by atoms with van der Waals surface area (Å²) in [5.41, 5.74) is 16.3. The second-order valence-corrected chi connectivity index (χ2v) is 17.1. The standard InChI is InChI=1S/C60H40N2S/c1-2-16-42(17-3-1)47-18-4-5-19-48(47)49-20-6-7-21-50(49)51-22-8-12-26-56(51)61(44-33-30-41(31-34-44)43-32-39-60-55(40-43)54-25-11-15-29-59(54)63-60)45-35-37-46(38-36-45)62-57-27-13-9-23-52(57)53-24-10-14-28-58(53)62/h1-40H. The molecule has 2 nitrogen and oxygen atoms in total. The largest absolute Gasteiger partial charge is 0.310 e. The fraction of sp³-hybridized carbons (Fsp3) is 0. The van der Waals surface area contributed by atoms with Crippen LogP contribution >= 0.6 is 11.3 Å². The molecule has 10 aromatic carbocycles. The zero-order chi connectivity index (χ0) is 41.7. The molecule has 0 fully saturated rings. The molecule has 12 aromatic rings. The topological polar surface area (TPSA) is 8.17 Å². The number of fused-ring (bicyclic) bond motifs is 6.